The predicted molar refractivity (Wildman–Crippen MR) is 81.7 cm³/mol. The summed E-state index contributed by atoms with van der Waals surface area (Å²) in [6.45, 7) is 2.16. The van der Waals surface area contributed by atoms with Crippen LogP contribution >= 0.6 is 0 Å². The minimum atomic E-state index is -1.26. The van der Waals surface area contributed by atoms with Gasteiger partial charge in [0.2, 0.25) is 5.91 Å². The smallest absolute Gasteiger partial charge is 0.341 e. The Morgan fingerprint density at radius 1 is 1.10 bits per heavy atom. The molecule has 5 heteroatoms. The average Bonchev–Trinajstić information content (AvgIpc) is 2.42. The summed E-state index contributed by atoms with van der Waals surface area (Å²) in [6, 6.07) is 4.26. The molecular formula is C16H23NO4. The molecule has 0 fully saturated rings. The van der Waals surface area contributed by atoms with Crippen LogP contribution in [0.15, 0.2) is 18.2 Å². The summed E-state index contributed by atoms with van der Waals surface area (Å²) in [7, 11) is 0. The lowest BCUT2D eigenvalue weighted by Crippen LogP contribution is -2.14. The number of carboxylic acids is 1. The maximum absolute atomic E-state index is 11.8. The van der Waals surface area contributed by atoms with Crippen LogP contribution in [-0.2, 0) is 4.79 Å². The van der Waals surface area contributed by atoms with Gasteiger partial charge in [-0.1, -0.05) is 45.1 Å². The molecule has 1 aromatic rings. The quantitative estimate of drug-likeness (QED) is 0.605. The lowest BCUT2D eigenvalue weighted by molar-refractivity contribution is -0.116. The van der Waals surface area contributed by atoms with E-state index >= 15 is 0 Å². The first-order chi connectivity index (χ1) is 10.1. The van der Waals surface area contributed by atoms with Gasteiger partial charge in [-0.3, -0.25) is 4.79 Å². The molecule has 0 spiro atoms. The molecule has 0 saturated carbocycles. The largest absolute Gasteiger partial charge is 0.507 e. The van der Waals surface area contributed by atoms with E-state index in [9.17, 15) is 14.7 Å². The summed E-state index contributed by atoms with van der Waals surface area (Å²) in [5.74, 6) is -1.83. The van der Waals surface area contributed by atoms with Crippen molar-refractivity contribution in [3.8, 4) is 5.75 Å². The molecule has 1 aromatic carbocycles. The number of phenols is 1. The molecule has 1 rings (SSSR count). The highest BCUT2D eigenvalue weighted by molar-refractivity contribution is 6.02. The molecule has 21 heavy (non-hydrogen) atoms. The van der Waals surface area contributed by atoms with E-state index in [4.69, 9.17) is 5.11 Å². The molecule has 0 aliphatic carbocycles. The number of anilines is 1. The molecule has 0 heterocycles. The maximum atomic E-state index is 11.8. The fraction of sp³-hybridized carbons (Fsp3) is 0.500. The highest BCUT2D eigenvalue weighted by Gasteiger charge is 2.16. The highest BCUT2D eigenvalue weighted by Crippen LogP contribution is 2.25. The maximum Gasteiger partial charge on any atom is 0.341 e. The van der Waals surface area contributed by atoms with E-state index in [0.29, 0.717) is 6.42 Å². The second-order valence-corrected chi connectivity index (χ2v) is 5.07. The van der Waals surface area contributed by atoms with E-state index < -0.39 is 5.97 Å². The minimum Gasteiger partial charge on any atom is -0.507 e. The number of carbonyl (C=O) groups excluding carboxylic acids is 1. The molecular weight excluding hydrogens is 270 g/mol. The summed E-state index contributed by atoms with van der Waals surface area (Å²) in [5, 5.41) is 21.1. The van der Waals surface area contributed by atoms with Crippen LogP contribution in [0.1, 0.15) is 62.2 Å². The number of hydrogen-bond acceptors (Lipinski definition) is 3. The van der Waals surface area contributed by atoms with E-state index in [1.165, 1.54) is 37.5 Å². The fourth-order valence-corrected chi connectivity index (χ4v) is 2.15. The van der Waals surface area contributed by atoms with Gasteiger partial charge in [0, 0.05) is 6.42 Å². The Kier molecular flexibility index (Phi) is 7.29. The molecule has 0 aliphatic rings. The molecule has 0 aliphatic heterocycles. The highest BCUT2D eigenvalue weighted by atomic mass is 16.4. The lowest BCUT2D eigenvalue weighted by atomic mass is 10.1. The molecule has 0 unspecified atom stereocenters. The standard InChI is InChI=1S/C16H23NO4/c1-2-3-4-5-6-7-11-14(19)17-12-9-8-10-13(18)15(12)16(20)21/h8-10,18H,2-7,11H2,1H3,(H,17,19)(H,20,21). The summed E-state index contributed by atoms with van der Waals surface area (Å²) in [4.78, 5) is 22.9. The van der Waals surface area contributed by atoms with Gasteiger partial charge in [-0.25, -0.2) is 4.79 Å². The van der Waals surface area contributed by atoms with Gasteiger partial charge in [-0.2, -0.15) is 0 Å². The SMILES string of the molecule is CCCCCCCCC(=O)Nc1cccc(O)c1C(=O)O. The van der Waals surface area contributed by atoms with E-state index in [-0.39, 0.29) is 22.9 Å². The normalized spacial score (nSPS) is 10.3. The van der Waals surface area contributed by atoms with Crippen LogP contribution in [0.5, 0.6) is 5.75 Å². The summed E-state index contributed by atoms with van der Waals surface area (Å²) in [6.07, 6.45) is 6.87. The number of aromatic hydroxyl groups is 1. The zero-order chi connectivity index (χ0) is 15.7. The van der Waals surface area contributed by atoms with Gasteiger partial charge in [-0.15, -0.1) is 0 Å². The zero-order valence-electron chi connectivity index (χ0n) is 12.4. The summed E-state index contributed by atoms with van der Waals surface area (Å²) in [5.41, 5.74) is -0.132. The fourth-order valence-electron chi connectivity index (χ4n) is 2.15. The van der Waals surface area contributed by atoms with Crippen LogP contribution in [0.2, 0.25) is 0 Å². The first-order valence-electron chi connectivity index (χ1n) is 7.41. The Morgan fingerprint density at radius 3 is 2.43 bits per heavy atom. The first-order valence-corrected chi connectivity index (χ1v) is 7.41. The number of carbonyl (C=O) groups is 2. The van der Waals surface area contributed by atoms with Gasteiger partial charge in [0.25, 0.3) is 0 Å². The van der Waals surface area contributed by atoms with Gasteiger partial charge in [0.15, 0.2) is 0 Å². The average molecular weight is 293 g/mol. The molecule has 5 nitrogen and oxygen atoms in total. The van der Waals surface area contributed by atoms with Crippen molar-refractivity contribution in [1.82, 2.24) is 0 Å². The minimum absolute atomic E-state index is 0.137. The summed E-state index contributed by atoms with van der Waals surface area (Å²) >= 11 is 0. The Bertz CT molecular complexity index is 485. The van der Waals surface area contributed by atoms with E-state index in [1.54, 1.807) is 0 Å². The molecule has 0 atom stereocenters. The third kappa shape index (κ3) is 5.85. The third-order valence-electron chi connectivity index (χ3n) is 3.29. The topological polar surface area (TPSA) is 86.6 Å². The van der Waals surface area contributed by atoms with E-state index in [2.05, 4.69) is 12.2 Å². The molecule has 0 radical (unpaired) electrons. The van der Waals surface area contributed by atoms with Crippen molar-refractivity contribution >= 4 is 17.6 Å². The van der Waals surface area contributed by atoms with Crippen LogP contribution in [0, 0.1) is 0 Å². The second-order valence-electron chi connectivity index (χ2n) is 5.07. The zero-order valence-corrected chi connectivity index (χ0v) is 12.4. The second kappa shape index (κ2) is 9.00. The number of rotatable bonds is 9. The number of carboxylic acid groups (broad SMARTS) is 1. The van der Waals surface area contributed by atoms with Crippen LogP contribution < -0.4 is 5.32 Å². The molecule has 0 bridgehead atoms. The van der Waals surface area contributed by atoms with Crippen molar-refractivity contribution in [2.75, 3.05) is 5.32 Å². The van der Waals surface area contributed by atoms with Crippen molar-refractivity contribution in [1.29, 1.82) is 0 Å². The Labute approximate surface area is 125 Å². The van der Waals surface area contributed by atoms with Crippen LogP contribution in [0.4, 0.5) is 5.69 Å². The van der Waals surface area contributed by atoms with Crippen LogP contribution in [-0.4, -0.2) is 22.1 Å². The lowest BCUT2D eigenvalue weighted by Gasteiger charge is -2.09. The molecule has 0 aromatic heterocycles. The monoisotopic (exact) mass is 293 g/mol. The van der Waals surface area contributed by atoms with E-state index in [0.717, 1.165) is 19.3 Å². The predicted octanol–water partition coefficient (Wildman–Crippen LogP) is 3.78. The van der Waals surface area contributed by atoms with Gasteiger partial charge >= 0.3 is 5.97 Å². The molecule has 0 saturated heterocycles. The number of unbranched alkanes of at least 4 members (excludes halogenated alkanes) is 5. The van der Waals surface area contributed by atoms with Crippen molar-refractivity contribution in [3.05, 3.63) is 23.8 Å². The Morgan fingerprint density at radius 2 is 1.76 bits per heavy atom. The van der Waals surface area contributed by atoms with Crippen LogP contribution in [0.3, 0.4) is 0 Å². The van der Waals surface area contributed by atoms with Gasteiger partial charge in [0.1, 0.15) is 11.3 Å². The molecule has 3 N–H and O–H groups in total. The molecule has 116 valence electrons. The number of aromatic carboxylic acids is 1. The summed E-state index contributed by atoms with van der Waals surface area (Å²) < 4.78 is 0. The van der Waals surface area contributed by atoms with Crippen molar-refractivity contribution < 1.29 is 19.8 Å². The van der Waals surface area contributed by atoms with Gasteiger partial charge in [0.05, 0.1) is 5.69 Å². The van der Waals surface area contributed by atoms with Crippen molar-refractivity contribution in [2.24, 2.45) is 0 Å². The Hall–Kier alpha value is -2.04. The van der Waals surface area contributed by atoms with Crippen LogP contribution in [0.25, 0.3) is 0 Å². The third-order valence-corrected chi connectivity index (χ3v) is 3.29. The molecule has 1 amide bonds. The van der Waals surface area contributed by atoms with Gasteiger partial charge in [-0.05, 0) is 18.6 Å². The van der Waals surface area contributed by atoms with Crippen molar-refractivity contribution in [2.45, 2.75) is 51.9 Å². The number of hydrogen-bond donors (Lipinski definition) is 3. The number of benzene rings is 1. The number of amides is 1. The Balaban J connectivity index is 2.45. The number of nitrogens with one attached hydrogen (secondary N) is 1. The first kappa shape index (κ1) is 17.0. The van der Waals surface area contributed by atoms with E-state index in [1.807, 2.05) is 0 Å². The van der Waals surface area contributed by atoms with Gasteiger partial charge < -0.3 is 15.5 Å². The van der Waals surface area contributed by atoms with Crippen molar-refractivity contribution in [3.63, 3.8) is 0 Å².